The number of nitrogens with zero attached hydrogens (tertiary/aromatic N) is 2. The van der Waals surface area contributed by atoms with E-state index in [0.29, 0.717) is 35.3 Å². The van der Waals surface area contributed by atoms with Crippen molar-refractivity contribution in [1.82, 2.24) is 9.78 Å². The molecule has 1 fully saturated rings. The molecule has 0 unspecified atom stereocenters. The van der Waals surface area contributed by atoms with Crippen LogP contribution in [-0.2, 0) is 25.6 Å². The van der Waals surface area contributed by atoms with E-state index in [-0.39, 0.29) is 16.9 Å². The smallest absolute Gasteiger partial charge is 0.233 e. The normalized spacial score (nSPS) is 16.3. The van der Waals surface area contributed by atoms with Crippen molar-refractivity contribution in [3.8, 4) is 0 Å². The second kappa shape index (κ2) is 11.2. The van der Waals surface area contributed by atoms with Gasteiger partial charge in [0.05, 0.1) is 24.0 Å². The van der Waals surface area contributed by atoms with Crippen molar-refractivity contribution in [3.05, 3.63) is 41.6 Å². The molecule has 1 aliphatic carbocycles. The van der Waals surface area contributed by atoms with Crippen LogP contribution in [0.5, 0.6) is 0 Å². The Bertz CT molecular complexity index is 1160. The summed E-state index contributed by atoms with van der Waals surface area (Å²) >= 11 is 0. The van der Waals surface area contributed by atoms with Gasteiger partial charge in [0, 0.05) is 18.5 Å². The van der Waals surface area contributed by atoms with Crippen molar-refractivity contribution < 1.29 is 17.6 Å². The van der Waals surface area contributed by atoms with Gasteiger partial charge in [-0.3, -0.25) is 9.48 Å². The first-order valence-electron chi connectivity index (χ1n) is 13.0. The van der Waals surface area contributed by atoms with Crippen molar-refractivity contribution in [3.63, 3.8) is 0 Å². The maximum atomic E-state index is 13.5. The second-order valence-electron chi connectivity index (χ2n) is 11.8. The molecule has 0 bridgehead atoms. The number of amides is 1. The topological polar surface area (TPSA) is 90.3 Å². The van der Waals surface area contributed by atoms with Crippen LogP contribution in [0.3, 0.4) is 0 Å². The fourth-order valence-corrected chi connectivity index (χ4v) is 6.65. The largest absolute Gasteiger partial charge is 0.415 e. The molecule has 1 atom stereocenters. The molecule has 1 N–H and O–H groups in total. The van der Waals surface area contributed by atoms with Gasteiger partial charge < -0.3 is 9.74 Å². The standard InChI is InChI=1S/C27H43N3O4SSi/c1-20-18-22(12-13-24(20)35(5,32)33)23(19-21-10-8-9-11-21)26(31)28-25-14-15-30(29-25)16-17-34-36(6,7)27(2,3)4/h12-15,18,21,23H,8-11,16-17,19H2,1-7H3,(H,28,29,31)/t23-/m1/s1. The van der Waals surface area contributed by atoms with E-state index in [1.165, 1.54) is 19.1 Å². The number of carbonyl (C=O) groups is 1. The van der Waals surface area contributed by atoms with Crippen LogP contribution in [0, 0.1) is 12.8 Å². The molecule has 36 heavy (non-hydrogen) atoms. The van der Waals surface area contributed by atoms with E-state index in [1.807, 2.05) is 18.3 Å². The van der Waals surface area contributed by atoms with Crippen molar-refractivity contribution in [2.24, 2.45) is 5.92 Å². The van der Waals surface area contributed by atoms with Gasteiger partial charge in [-0.2, -0.15) is 5.10 Å². The fourth-order valence-electron chi connectivity index (χ4n) is 4.66. The van der Waals surface area contributed by atoms with E-state index in [4.69, 9.17) is 4.43 Å². The minimum atomic E-state index is -3.31. The van der Waals surface area contributed by atoms with Crippen LogP contribution in [0.2, 0.25) is 18.1 Å². The lowest BCUT2D eigenvalue weighted by atomic mass is 9.86. The van der Waals surface area contributed by atoms with Crippen molar-refractivity contribution in [1.29, 1.82) is 0 Å². The van der Waals surface area contributed by atoms with Gasteiger partial charge in [-0.1, -0.05) is 58.6 Å². The number of anilines is 1. The summed E-state index contributed by atoms with van der Waals surface area (Å²) < 4.78 is 32.2. The molecule has 200 valence electrons. The number of nitrogens with one attached hydrogen (secondary N) is 1. The maximum absolute atomic E-state index is 13.5. The third kappa shape index (κ3) is 7.29. The van der Waals surface area contributed by atoms with Crippen LogP contribution in [0.4, 0.5) is 5.82 Å². The van der Waals surface area contributed by atoms with Crippen LogP contribution in [0.15, 0.2) is 35.4 Å². The summed E-state index contributed by atoms with van der Waals surface area (Å²) in [4.78, 5) is 13.8. The Hall–Kier alpha value is -1.97. The summed E-state index contributed by atoms with van der Waals surface area (Å²) in [6.07, 6.45) is 8.50. The van der Waals surface area contributed by atoms with E-state index in [9.17, 15) is 13.2 Å². The third-order valence-electron chi connectivity index (χ3n) is 7.84. The average molecular weight is 534 g/mol. The summed E-state index contributed by atoms with van der Waals surface area (Å²) in [5.74, 6) is 0.567. The monoisotopic (exact) mass is 533 g/mol. The zero-order valence-corrected chi connectivity index (χ0v) is 24.7. The van der Waals surface area contributed by atoms with Crippen molar-refractivity contribution >= 4 is 29.9 Å². The quantitative estimate of drug-likeness (QED) is 0.383. The number of aromatic nitrogens is 2. The zero-order valence-electron chi connectivity index (χ0n) is 22.9. The summed E-state index contributed by atoms with van der Waals surface area (Å²) in [7, 11) is -5.13. The van der Waals surface area contributed by atoms with E-state index >= 15 is 0 Å². The molecule has 1 aromatic carbocycles. The molecule has 1 amide bonds. The lowest BCUT2D eigenvalue weighted by Crippen LogP contribution is -2.41. The molecule has 3 rings (SSSR count). The number of benzene rings is 1. The van der Waals surface area contributed by atoms with E-state index < -0.39 is 18.2 Å². The number of hydrogen-bond acceptors (Lipinski definition) is 5. The summed E-state index contributed by atoms with van der Waals surface area (Å²) in [6.45, 7) is 14.1. The SMILES string of the molecule is Cc1cc([C@@H](CC2CCCC2)C(=O)Nc2ccn(CCO[Si](C)(C)C(C)(C)C)n2)ccc1S(C)(=O)=O. The lowest BCUT2D eigenvalue weighted by molar-refractivity contribution is -0.118. The van der Waals surface area contributed by atoms with Gasteiger partial charge in [0.15, 0.2) is 24.0 Å². The Morgan fingerprint density at radius 1 is 1.22 bits per heavy atom. The molecule has 2 aromatic rings. The van der Waals surface area contributed by atoms with Crippen LogP contribution in [0.1, 0.15) is 69.9 Å². The van der Waals surface area contributed by atoms with Gasteiger partial charge in [0.25, 0.3) is 0 Å². The molecule has 0 saturated heterocycles. The molecule has 1 aliphatic rings. The van der Waals surface area contributed by atoms with E-state index in [0.717, 1.165) is 24.8 Å². The predicted octanol–water partition coefficient (Wildman–Crippen LogP) is 5.92. The molecule has 0 aliphatic heterocycles. The minimum absolute atomic E-state index is 0.101. The first-order valence-corrected chi connectivity index (χ1v) is 17.8. The number of sulfone groups is 1. The second-order valence-corrected chi connectivity index (χ2v) is 18.6. The van der Waals surface area contributed by atoms with Gasteiger partial charge in [-0.05, 0) is 54.6 Å². The minimum Gasteiger partial charge on any atom is -0.415 e. The van der Waals surface area contributed by atoms with Gasteiger partial charge in [0.2, 0.25) is 5.91 Å². The van der Waals surface area contributed by atoms with Gasteiger partial charge in [0.1, 0.15) is 0 Å². The fraction of sp³-hybridized carbons (Fsp3) is 0.630. The van der Waals surface area contributed by atoms with Crippen LogP contribution in [-0.4, -0.2) is 45.3 Å². The summed E-state index contributed by atoms with van der Waals surface area (Å²) in [5, 5.41) is 7.71. The average Bonchev–Trinajstić information content (AvgIpc) is 3.42. The first-order chi connectivity index (χ1) is 16.7. The number of carbonyl (C=O) groups excluding carboxylic acids is 1. The molecule has 0 spiro atoms. The summed E-state index contributed by atoms with van der Waals surface area (Å²) in [6, 6.07) is 7.09. The van der Waals surface area contributed by atoms with Gasteiger partial charge >= 0.3 is 0 Å². The Labute approximate surface area is 218 Å². The van der Waals surface area contributed by atoms with Gasteiger partial charge in [-0.25, -0.2) is 8.42 Å². The highest BCUT2D eigenvalue weighted by molar-refractivity contribution is 7.90. The number of rotatable bonds is 10. The highest BCUT2D eigenvalue weighted by Crippen LogP contribution is 2.37. The zero-order chi connectivity index (χ0) is 26.7. The van der Waals surface area contributed by atoms with Crippen molar-refractivity contribution in [2.75, 3.05) is 18.2 Å². The van der Waals surface area contributed by atoms with E-state index in [2.05, 4.69) is 44.3 Å². The third-order valence-corrected chi connectivity index (χ3v) is 13.6. The van der Waals surface area contributed by atoms with Crippen LogP contribution >= 0.6 is 0 Å². The highest BCUT2D eigenvalue weighted by Gasteiger charge is 2.37. The molecular weight excluding hydrogens is 490 g/mol. The molecule has 7 nitrogen and oxygen atoms in total. The van der Waals surface area contributed by atoms with E-state index in [1.54, 1.807) is 23.7 Å². The Morgan fingerprint density at radius 3 is 2.47 bits per heavy atom. The molecule has 9 heteroatoms. The molecule has 0 radical (unpaired) electrons. The summed E-state index contributed by atoms with van der Waals surface area (Å²) in [5.41, 5.74) is 1.52. The predicted molar refractivity (Wildman–Crippen MR) is 148 cm³/mol. The lowest BCUT2D eigenvalue weighted by Gasteiger charge is -2.36. The number of hydrogen-bond donors (Lipinski definition) is 1. The Morgan fingerprint density at radius 2 is 1.89 bits per heavy atom. The van der Waals surface area contributed by atoms with Crippen LogP contribution < -0.4 is 5.32 Å². The number of aryl methyl sites for hydroxylation is 1. The molecule has 1 aromatic heterocycles. The Kier molecular flexibility index (Phi) is 8.89. The van der Waals surface area contributed by atoms with Gasteiger partial charge in [-0.15, -0.1) is 0 Å². The molecular formula is C27H43N3O4SSi. The van der Waals surface area contributed by atoms with Crippen molar-refractivity contribution in [2.45, 2.75) is 95.3 Å². The Balaban J connectivity index is 1.71. The highest BCUT2D eigenvalue weighted by atomic mass is 32.2. The first kappa shape index (κ1) is 28.6. The maximum Gasteiger partial charge on any atom is 0.233 e. The van der Waals surface area contributed by atoms with Crippen LogP contribution in [0.25, 0.3) is 0 Å². The molecule has 1 heterocycles. The molecule has 1 saturated carbocycles.